The third kappa shape index (κ3) is 3.04. The maximum Gasteiger partial charge on any atom is 0.275 e. The summed E-state index contributed by atoms with van der Waals surface area (Å²) >= 11 is 0. The van der Waals surface area contributed by atoms with Gasteiger partial charge in [-0.05, 0) is 24.3 Å². The molecule has 0 saturated carbocycles. The van der Waals surface area contributed by atoms with Gasteiger partial charge in [-0.2, -0.15) is 0 Å². The molecule has 8 nitrogen and oxygen atoms in total. The molecule has 0 unspecified atom stereocenters. The standard InChI is InChI=1S/C19H14N6O2/c1-25-17(12-5-7-20-8-6-12)24-16-13(19(25)27)3-2-4-14(16)23-18(26)15-11-21-9-10-22-15/h2-11H,1H3,(H,23,26). The Balaban J connectivity index is 1.86. The van der Waals surface area contributed by atoms with Crippen molar-refractivity contribution in [2.24, 2.45) is 7.05 Å². The molecule has 3 aromatic heterocycles. The number of rotatable bonds is 3. The summed E-state index contributed by atoms with van der Waals surface area (Å²) in [5, 5.41) is 3.17. The first kappa shape index (κ1) is 16.5. The Morgan fingerprint density at radius 2 is 1.85 bits per heavy atom. The van der Waals surface area contributed by atoms with Gasteiger partial charge in [0.05, 0.1) is 17.3 Å². The number of nitrogens with zero attached hydrogens (tertiary/aromatic N) is 5. The number of hydrogen-bond donors (Lipinski definition) is 1. The van der Waals surface area contributed by atoms with Crippen molar-refractivity contribution in [1.82, 2.24) is 24.5 Å². The largest absolute Gasteiger partial charge is 0.319 e. The Morgan fingerprint density at radius 3 is 2.59 bits per heavy atom. The number of pyridine rings is 1. The second kappa shape index (κ2) is 6.75. The van der Waals surface area contributed by atoms with Crippen molar-refractivity contribution in [3.05, 3.63) is 77.4 Å². The second-order valence-electron chi connectivity index (χ2n) is 5.78. The predicted octanol–water partition coefficient (Wildman–Crippen LogP) is 2.04. The number of para-hydroxylation sites is 1. The van der Waals surface area contributed by atoms with Gasteiger partial charge in [-0.1, -0.05) is 6.07 Å². The molecule has 1 aromatic carbocycles. The van der Waals surface area contributed by atoms with Crippen molar-refractivity contribution < 1.29 is 4.79 Å². The van der Waals surface area contributed by atoms with E-state index in [2.05, 4.69) is 25.3 Å². The fourth-order valence-corrected chi connectivity index (χ4v) is 2.76. The summed E-state index contributed by atoms with van der Waals surface area (Å²) in [6.45, 7) is 0. The third-order valence-electron chi connectivity index (χ3n) is 4.09. The fraction of sp³-hybridized carbons (Fsp3) is 0.0526. The number of benzene rings is 1. The average molecular weight is 358 g/mol. The first-order chi connectivity index (χ1) is 13.1. The molecule has 0 fully saturated rings. The monoisotopic (exact) mass is 358 g/mol. The Morgan fingerprint density at radius 1 is 1.04 bits per heavy atom. The molecule has 1 N–H and O–H groups in total. The Hall–Kier alpha value is -3.94. The molecule has 0 aliphatic rings. The number of anilines is 1. The van der Waals surface area contributed by atoms with Crippen molar-refractivity contribution >= 4 is 22.5 Å². The quantitative estimate of drug-likeness (QED) is 0.601. The summed E-state index contributed by atoms with van der Waals surface area (Å²) in [6, 6.07) is 8.62. The predicted molar refractivity (Wildman–Crippen MR) is 100 cm³/mol. The number of carbonyl (C=O) groups excluding carboxylic acids is 1. The smallest absolute Gasteiger partial charge is 0.275 e. The summed E-state index contributed by atoms with van der Waals surface area (Å²) in [4.78, 5) is 41.7. The lowest BCUT2D eigenvalue weighted by atomic mass is 10.1. The van der Waals surface area contributed by atoms with E-state index in [1.54, 1.807) is 49.8 Å². The third-order valence-corrected chi connectivity index (χ3v) is 4.09. The number of carbonyl (C=O) groups is 1. The van der Waals surface area contributed by atoms with Gasteiger partial charge in [-0.15, -0.1) is 0 Å². The van der Waals surface area contributed by atoms with Crippen LogP contribution in [0.2, 0.25) is 0 Å². The lowest BCUT2D eigenvalue weighted by molar-refractivity contribution is 0.102. The maximum absolute atomic E-state index is 12.8. The van der Waals surface area contributed by atoms with Crippen molar-refractivity contribution in [1.29, 1.82) is 0 Å². The summed E-state index contributed by atoms with van der Waals surface area (Å²) in [5.41, 5.74) is 1.55. The van der Waals surface area contributed by atoms with Crippen LogP contribution in [0.1, 0.15) is 10.5 Å². The SMILES string of the molecule is Cn1c(-c2ccncc2)nc2c(NC(=O)c3cnccn3)cccc2c1=O. The number of fused-ring (bicyclic) bond motifs is 1. The van der Waals surface area contributed by atoms with Crippen LogP contribution in [0.15, 0.2) is 66.1 Å². The molecule has 4 rings (SSSR count). The number of hydrogen-bond acceptors (Lipinski definition) is 6. The van der Waals surface area contributed by atoms with Crippen LogP contribution in [0.5, 0.6) is 0 Å². The molecule has 27 heavy (non-hydrogen) atoms. The van der Waals surface area contributed by atoms with Gasteiger partial charge in [-0.25, -0.2) is 9.97 Å². The average Bonchev–Trinajstić information content (AvgIpc) is 2.72. The zero-order valence-electron chi connectivity index (χ0n) is 14.3. The van der Waals surface area contributed by atoms with Crippen LogP contribution in [0.4, 0.5) is 5.69 Å². The molecule has 132 valence electrons. The van der Waals surface area contributed by atoms with Gasteiger partial charge in [0, 0.05) is 37.4 Å². The molecule has 1 amide bonds. The highest BCUT2D eigenvalue weighted by molar-refractivity contribution is 6.07. The van der Waals surface area contributed by atoms with E-state index in [1.165, 1.54) is 23.2 Å². The van der Waals surface area contributed by atoms with E-state index in [1.807, 2.05) is 0 Å². The van der Waals surface area contributed by atoms with E-state index in [-0.39, 0.29) is 11.3 Å². The number of nitrogens with one attached hydrogen (secondary N) is 1. The molecule has 0 radical (unpaired) electrons. The highest BCUT2D eigenvalue weighted by atomic mass is 16.2. The molecule has 4 aromatic rings. The number of aromatic nitrogens is 5. The summed E-state index contributed by atoms with van der Waals surface area (Å²) in [7, 11) is 1.66. The van der Waals surface area contributed by atoms with E-state index in [0.29, 0.717) is 22.4 Å². The van der Waals surface area contributed by atoms with Gasteiger partial charge >= 0.3 is 0 Å². The van der Waals surface area contributed by atoms with Gasteiger partial charge in [-0.3, -0.25) is 24.1 Å². The molecule has 3 heterocycles. The summed E-state index contributed by atoms with van der Waals surface area (Å²) in [6.07, 6.45) is 7.56. The highest BCUT2D eigenvalue weighted by Gasteiger charge is 2.15. The van der Waals surface area contributed by atoms with Crippen LogP contribution in [0, 0.1) is 0 Å². The van der Waals surface area contributed by atoms with Gasteiger partial charge in [0.15, 0.2) is 0 Å². The second-order valence-corrected chi connectivity index (χ2v) is 5.78. The number of amides is 1. The zero-order chi connectivity index (χ0) is 18.8. The molecule has 8 heteroatoms. The minimum atomic E-state index is -0.427. The van der Waals surface area contributed by atoms with E-state index in [0.717, 1.165) is 5.56 Å². The van der Waals surface area contributed by atoms with Gasteiger partial charge in [0.1, 0.15) is 17.0 Å². The van der Waals surface area contributed by atoms with E-state index >= 15 is 0 Å². The van der Waals surface area contributed by atoms with Crippen molar-refractivity contribution in [3.8, 4) is 11.4 Å². The molecule has 0 aliphatic heterocycles. The van der Waals surface area contributed by atoms with E-state index in [9.17, 15) is 9.59 Å². The molecule has 0 aliphatic carbocycles. The lowest BCUT2D eigenvalue weighted by Crippen LogP contribution is -2.21. The van der Waals surface area contributed by atoms with Crippen molar-refractivity contribution in [2.45, 2.75) is 0 Å². The van der Waals surface area contributed by atoms with Crippen molar-refractivity contribution in [2.75, 3.05) is 5.32 Å². The van der Waals surface area contributed by atoms with Gasteiger partial charge in [0.2, 0.25) is 0 Å². The molecule has 0 saturated heterocycles. The van der Waals surface area contributed by atoms with Crippen LogP contribution >= 0.6 is 0 Å². The highest BCUT2D eigenvalue weighted by Crippen LogP contribution is 2.23. The molecular weight excluding hydrogens is 344 g/mol. The maximum atomic E-state index is 12.8. The minimum absolute atomic E-state index is 0.174. The van der Waals surface area contributed by atoms with Crippen molar-refractivity contribution in [3.63, 3.8) is 0 Å². The molecule has 0 spiro atoms. The molecule has 0 atom stereocenters. The zero-order valence-corrected chi connectivity index (χ0v) is 14.3. The van der Waals surface area contributed by atoms with Crippen LogP contribution in [-0.2, 0) is 7.05 Å². The fourth-order valence-electron chi connectivity index (χ4n) is 2.76. The first-order valence-corrected chi connectivity index (χ1v) is 8.12. The summed E-state index contributed by atoms with van der Waals surface area (Å²) in [5.74, 6) is 0.0552. The van der Waals surface area contributed by atoms with Crippen LogP contribution in [-0.4, -0.2) is 30.4 Å². The molecular formula is C19H14N6O2. The Bertz CT molecular complexity index is 1190. The van der Waals surface area contributed by atoms with E-state index in [4.69, 9.17) is 0 Å². The van der Waals surface area contributed by atoms with Crippen LogP contribution < -0.4 is 10.9 Å². The first-order valence-electron chi connectivity index (χ1n) is 8.12. The minimum Gasteiger partial charge on any atom is -0.319 e. The topological polar surface area (TPSA) is 103 Å². The van der Waals surface area contributed by atoms with Gasteiger partial charge < -0.3 is 5.32 Å². The van der Waals surface area contributed by atoms with E-state index < -0.39 is 5.91 Å². The Kier molecular flexibility index (Phi) is 4.13. The molecule has 0 bridgehead atoms. The normalized spacial score (nSPS) is 10.7. The van der Waals surface area contributed by atoms with Gasteiger partial charge in [0.25, 0.3) is 11.5 Å². The van der Waals surface area contributed by atoms with Crippen LogP contribution in [0.3, 0.4) is 0 Å². The lowest BCUT2D eigenvalue weighted by Gasteiger charge is -2.12. The summed E-state index contributed by atoms with van der Waals surface area (Å²) < 4.78 is 1.48. The Labute approximate surface area is 153 Å². The van der Waals surface area contributed by atoms with Crippen LogP contribution in [0.25, 0.3) is 22.3 Å².